The van der Waals surface area contributed by atoms with Gasteiger partial charge in [-0.1, -0.05) is 50.0 Å². The van der Waals surface area contributed by atoms with Gasteiger partial charge in [0.25, 0.3) is 0 Å². The summed E-state index contributed by atoms with van der Waals surface area (Å²) in [7, 11) is -1.15. The molecule has 27 heavy (non-hydrogen) atoms. The van der Waals surface area contributed by atoms with E-state index >= 15 is 0 Å². The molecule has 0 N–H and O–H groups in total. The third-order valence-corrected chi connectivity index (χ3v) is 5.69. The third kappa shape index (κ3) is 9.29. The molecule has 0 aliphatic rings. The lowest BCUT2D eigenvalue weighted by atomic mass is 10.2. The Kier molecular flexibility index (Phi) is 8.39. The van der Waals surface area contributed by atoms with E-state index in [9.17, 15) is 4.79 Å². The van der Waals surface area contributed by atoms with Gasteiger partial charge in [0.1, 0.15) is 18.1 Å². The van der Waals surface area contributed by atoms with Crippen LogP contribution in [0.3, 0.4) is 0 Å². The molecule has 0 amide bonds. The maximum Gasteiger partial charge on any atom is 0.305 e. The summed E-state index contributed by atoms with van der Waals surface area (Å²) in [6.07, 6.45) is 1.04. The molecule has 0 heterocycles. The van der Waals surface area contributed by atoms with Crippen molar-refractivity contribution in [2.24, 2.45) is 0 Å². The minimum atomic E-state index is -1.15. The maximum atomic E-state index is 11.7. The number of carbonyl (C=O) groups is 1. The Morgan fingerprint density at radius 1 is 0.852 bits per heavy atom. The fraction of sp³-hybridized carbons (Fsp3) is 0.409. The number of hydrogen-bond donors (Lipinski definition) is 0. The molecule has 0 unspecified atom stereocenters. The second-order valence-corrected chi connectivity index (χ2v) is 13.4. The van der Waals surface area contributed by atoms with Crippen molar-refractivity contribution in [2.75, 3.05) is 13.2 Å². The second kappa shape index (κ2) is 10.8. The first-order valence-electron chi connectivity index (χ1n) is 9.48. The molecule has 4 nitrogen and oxygen atoms in total. The molecule has 2 aromatic rings. The van der Waals surface area contributed by atoms with E-state index in [-0.39, 0.29) is 5.97 Å². The molecule has 0 aromatic heterocycles. The van der Waals surface area contributed by atoms with Gasteiger partial charge < -0.3 is 14.2 Å². The van der Waals surface area contributed by atoms with Crippen LogP contribution in [0.5, 0.6) is 11.5 Å². The summed E-state index contributed by atoms with van der Waals surface area (Å²) in [5, 5.41) is 0. The normalized spacial score (nSPS) is 11.1. The van der Waals surface area contributed by atoms with Crippen LogP contribution in [-0.4, -0.2) is 27.3 Å². The molecule has 0 atom stereocenters. The van der Waals surface area contributed by atoms with Crippen LogP contribution >= 0.6 is 0 Å². The first kappa shape index (κ1) is 21.0. The van der Waals surface area contributed by atoms with E-state index in [0.29, 0.717) is 32.7 Å². The highest BCUT2D eigenvalue weighted by Crippen LogP contribution is 2.19. The second-order valence-electron chi connectivity index (χ2n) is 7.73. The quantitative estimate of drug-likeness (QED) is 0.298. The van der Waals surface area contributed by atoms with Crippen molar-refractivity contribution in [3.05, 3.63) is 60.2 Å². The van der Waals surface area contributed by atoms with Crippen molar-refractivity contribution >= 4 is 14.0 Å². The predicted molar refractivity (Wildman–Crippen MR) is 111 cm³/mol. The Hall–Kier alpha value is -2.27. The van der Waals surface area contributed by atoms with Crippen molar-refractivity contribution in [3.63, 3.8) is 0 Å². The highest BCUT2D eigenvalue weighted by atomic mass is 28.3. The topological polar surface area (TPSA) is 44.8 Å². The molecular weight excluding hydrogens is 356 g/mol. The highest BCUT2D eigenvalue weighted by Gasteiger charge is 2.13. The number of rotatable bonds is 11. The van der Waals surface area contributed by atoms with Gasteiger partial charge in [-0.25, -0.2) is 0 Å². The lowest BCUT2D eigenvalue weighted by molar-refractivity contribution is -0.143. The molecular formula is C22H30O4Si. The van der Waals surface area contributed by atoms with Gasteiger partial charge in [0.15, 0.2) is 0 Å². The zero-order chi connectivity index (χ0) is 19.5. The number of carbonyl (C=O) groups excluding carboxylic acids is 1. The molecule has 2 aromatic carbocycles. The van der Waals surface area contributed by atoms with Gasteiger partial charge in [0.05, 0.1) is 13.2 Å². The zero-order valence-electron chi connectivity index (χ0n) is 16.6. The summed E-state index contributed by atoms with van der Waals surface area (Å²) in [4.78, 5) is 11.7. The lowest BCUT2D eigenvalue weighted by Crippen LogP contribution is -2.22. The van der Waals surface area contributed by atoms with Gasteiger partial charge in [-0.05, 0) is 42.3 Å². The number of benzene rings is 2. The molecule has 0 aliphatic carbocycles. The molecule has 0 bridgehead atoms. The summed E-state index contributed by atoms with van der Waals surface area (Å²) < 4.78 is 16.7. The molecule has 146 valence electrons. The van der Waals surface area contributed by atoms with E-state index < -0.39 is 8.07 Å². The van der Waals surface area contributed by atoms with Crippen molar-refractivity contribution in [1.29, 1.82) is 0 Å². The lowest BCUT2D eigenvalue weighted by Gasteiger charge is -2.15. The van der Waals surface area contributed by atoms with Crippen LogP contribution in [0.4, 0.5) is 0 Å². The Balaban J connectivity index is 1.60. The minimum absolute atomic E-state index is 0.137. The molecule has 0 saturated carbocycles. The fourth-order valence-corrected chi connectivity index (χ4v) is 3.04. The van der Waals surface area contributed by atoms with Crippen molar-refractivity contribution in [2.45, 2.75) is 45.1 Å². The van der Waals surface area contributed by atoms with Crippen LogP contribution in [0.2, 0.25) is 25.7 Å². The summed E-state index contributed by atoms with van der Waals surface area (Å²) in [6, 6.07) is 18.6. The smallest absolute Gasteiger partial charge is 0.305 e. The molecule has 0 radical (unpaired) electrons. The molecule has 0 aliphatic heterocycles. The van der Waals surface area contributed by atoms with Gasteiger partial charge in [-0.3, -0.25) is 4.79 Å². The Bertz CT molecular complexity index is 678. The van der Waals surface area contributed by atoms with Crippen molar-refractivity contribution < 1.29 is 19.0 Å². The Labute approximate surface area is 163 Å². The maximum absolute atomic E-state index is 11.7. The predicted octanol–water partition coefficient (Wildman–Crippen LogP) is 5.31. The number of hydrogen-bond acceptors (Lipinski definition) is 4. The summed E-state index contributed by atoms with van der Waals surface area (Å²) in [5.41, 5.74) is 1.13. The van der Waals surface area contributed by atoms with Crippen LogP contribution < -0.4 is 9.47 Å². The van der Waals surface area contributed by atoms with Crippen LogP contribution in [0.15, 0.2) is 54.6 Å². The van der Waals surface area contributed by atoms with Gasteiger partial charge in [-0.2, -0.15) is 0 Å². The summed E-state index contributed by atoms with van der Waals surface area (Å²) in [5.74, 6) is 1.44. The van der Waals surface area contributed by atoms with Crippen molar-refractivity contribution in [3.8, 4) is 11.5 Å². The average Bonchev–Trinajstić information content (AvgIpc) is 2.64. The standard InChI is InChI=1S/C22H30O4Si/c1-27(2,3)17-16-25-22(23)10-7-15-24-20-11-13-21(14-12-20)26-18-19-8-5-4-6-9-19/h4-6,8-9,11-14H,7,10,15-18H2,1-3H3. The average molecular weight is 387 g/mol. The van der Waals surface area contributed by atoms with Crippen LogP contribution in [0.25, 0.3) is 0 Å². The van der Waals surface area contributed by atoms with Crippen molar-refractivity contribution in [1.82, 2.24) is 0 Å². The Morgan fingerprint density at radius 2 is 1.48 bits per heavy atom. The molecule has 0 saturated heterocycles. The number of ether oxygens (including phenoxy) is 3. The van der Waals surface area contributed by atoms with Gasteiger partial charge in [0, 0.05) is 14.5 Å². The van der Waals surface area contributed by atoms with E-state index in [1.165, 1.54) is 0 Å². The summed E-state index contributed by atoms with van der Waals surface area (Å²) in [6.45, 7) is 8.39. The third-order valence-electron chi connectivity index (χ3n) is 3.98. The minimum Gasteiger partial charge on any atom is -0.494 e. The van der Waals surface area contributed by atoms with E-state index in [0.717, 1.165) is 23.1 Å². The van der Waals surface area contributed by atoms with Crippen LogP contribution in [0.1, 0.15) is 18.4 Å². The van der Waals surface area contributed by atoms with Crippen LogP contribution in [0, 0.1) is 0 Å². The van der Waals surface area contributed by atoms with Crippen LogP contribution in [-0.2, 0) is 16.1 Å². The zero-order valence-corrected chi connectivity index (χ0v) is 17.6. The number of esters is 1. The molecule has 2 rings (SSSR count). The largest absolute Gasteiger partial charge is 0.494 e. The first-order valence-corrected chi connectivity index (χ1v) is 13.2. The van der Waals surface area contributed by atoms with E-state index in [2.05, 4.69) is 19.6 Å². The Morgan fingerprint density at radius 3 is 2.11 bits per heavy atom. The summed E-state index contributed by atoms with van der Waals surface area (Å²) >= 11 is 0. The van der Waals surface area contributed by atoms with E-state index in [4.69, 9.17) is 14.2 Å². The van der Waals surface area contributed by atoms with Gasteiger partial charge in [0.2, 0.25) is 0 Å². The molecule has 5 heteroatoms. The van der Waals surface area contributed by atoms with Gasteiger partial charge >= 0.3 is 5.97 Å². The molecule has 0 spiro atoms. The first-order chi connectivity index (χ1) is 12.9. The van der Waals surface area contributed by atoms with Gasteiger partial charge in [-0.15, -0.1) is 0 Å². The van der Waals surface area contributed by atoms with E-state index in [1.807, 2.05) is 54.6 Å². The fourth-order valence-electron chi connectivity index (χ4n) is 2.32. The monoisotopic (exact) mass is 386 g/mol. The SMILES string of the molecule is C[Si](C)(C)CCOC(=O)CCCOc1ccc(OCc2ccccc2)cc1. The van der Waals surface area contributed by atoms with E-state index in [1.54, 1.807) is 0 Å². The highest BCUT2D eigenvalue weighted by molar-refractivity contribution is 6.76. The molecule has 0 fully saturated rings.